The van der Waals surface area contributed by atoms with Gasteiger partial charge in [-0.05, 0) is 49.1 Å². The number of anilines is 1. The zero-order valence-corrected chi connectivity index (χ0v) is 22.4. The molecule has 1 unspecified atom stereocenters. The van der Waals surface area contributed by atoms with Crippen LogP contribution in [0.2, 0.25) is 0 Å². The summed E-state index contributed by atoms with van der Waals surface area (Å²) in [6.07, 6.45) is 2.29. The fraction of sp³-hybridized carbons (Fsp3) is 0.233. The lowest BCUT2D eigenvalue weighted by atomic mass is 9.85. The SMILES string of the molecule is CCc1cccc(C)c1NC(=O)C1=C(C)NC(SCC(=O)NCc2ccccc2)=C(C#N)C1c1ccco1. The second-order valence-corrected chi connectivity index (χ2v) is 9.92. The van der Waals surface area contributed by atoms with Gasteiger partial charge in [-0.15, -0.1) is 0 Å². The van der Waals surface area contributed by atoms with Crippen molar-refractivity contribution >= 4 is 29.3 Å². The van der Waals surface area contributed by atoms with Gasteiger partial charge in [-0.2, -0.15) is 5.26 Å². The molecule has 2 aromatic carbocycles. The van der Waals surface area contributed by atoms with Crippen molar-refractivity contribution in [3.05, 3.63) is 111 Å². The first-order valence-electron chi connectivity index (χ1n) is 12.4. The van der Waals surface area contributed by atoms with Crippen molar-refractivity contribution in [2.75, 3.05) is 11.1 Å². The van der Waals surface area contributed by atoms with Gasteiger partial charge in [0.1, 0.15) is 5.76 Å². The van der Waals surface area contributed by atoms with Crippen LogP contribution in [0, 0.1) is 18.3 Å². The Bertz CT molecular complexity index is 1420. The second kappa shape index (κ2) is 12.3. The molecule has 3 aromatic rings. The second-order valence-electron chi connectivity index (χ2n) is 8.93. The van der Waals surface area contributed by atoms with Crippen LogP contribution in [0.3, 0.4) is 0 Å². The molecule has 0 spiro atoms. The van der Waals surface area contributed by atoms with Gasteiger partial charge in [0.15, 0.2) is 0 Å². The lowest BCUT2D eigenvalue weighted by Crippen LogP contribution is -2.31. The predicted octanol–water partition coefficient (Wildman–Crippen LogP) is 5.53. The molecule has 0 fully saturated rings. The van der Waals surface area contributed by atoms with Crippen molar-refractivity contribution < 1.29 is 14.0 Å². The number of nitriles is 1. The van der Waals surface area contributed by atoms with Crippen molar-refractivity contribution in [1.82, 2.24) is 10.6 Å². The van der Waals surface area contributed by atoms with Crippen molar-refractivity contribution in [3.8, 4) is 6.07 Å². The fourth-order valence-electron chi connectivity index (χ4n) is 4.44. The zero-order valence-electron chi connectivity index (χ0n) is 21.6. The maximum Gasteiger partial charge on any atom is 0.254 e. The molecule has 0 radical (unpaired) electrons. The van der Waals surface area contributed by atoms with Gasteiger partial charge in [0.05, 0.1) is 40.2 Å². The van der Waals surface area contributed by atoms with Crippen LogP contribution in [-0.4, -0.2) is 17.6 Å². The third-order valence-corrected chi connectivity index (χ3v) is 7.40. The highest BCUT2D eigenvalue weighted by molar-refractivity contribution is 8.03. The minimum absolute atomic E-state index is 0.114. The highest BCUT2D eigenvalue weighted by Gasteiger charge is 2.36. The summed E-state index contributed by atoms with van der Waals surface area (Å²) < 4.78 is 5.70. The normalized spacial score (nSPS) is 15.1. The molecule has 1 aliphatic rings. The molecule has 194 valence electrons. The van der Waals surface area contributed by atoms with E-state index in [1.807, 2.05) is 62.4 Å². The molecule has 2 heterocycles. The molecule has 1 atom stereocenters. The quantitative estimate of drug-likeness (QED) is 0.338. The number of nitrogens with zero attached hydrogens (tertiary/aromatic N) is 1. The molecular formula is C30H30N4O3S. The zero-order chi connectivity index (χ0) is 27.1. The Hall–Kier alpha value is -4.22. The largest absolute Gasteiger partial charge is 0.468 e. The van der Waals surface area contributed by atoms with Gasteiger partial charge in [0.2, 0.25) is 5.91 Å². The number of furan rings is 1. The van der Waals surface area contributed by atoms with Crippen LogP contribution in [0.25, 0.3) is 0 Å². The van der Waals surface area contributed by atoms with E-state index in [9.17, 15) is 14.9 Å². The maximum atomic E-state index is 13.7. The Kier molecular flexibility index (Phi) is 8.72. The predicted molar refractivity (Wildman–Crippen MR) is 150 cm³/mol. The number of aryl methyl sites for hydroxylation is 2. The molecule has 0 aliphatic carbocycles. The molecule has 1 aromatic heterocycles. The van der Waals surface area contributed by atoms with E-state index in [1.165, 1.54) is 18.0 Å². The van der Waals surface area contributed by atoms with Gasteiger partial charge in [-0.3, -0.25) is 9.59 Å². The average molecular weight is 527 g/mol. The highest BCUT2D eigenvalue weighted by Crippen LogP contribution is 2.41. The van der Waals surface area contributed by atoms with Crippen LogP contribution in [0.15, 0.2) is 93.2 Å². The highest BCUT2D eigenvalue weighted by atomic mass is 32.2. The number of thioether (sulfide) groups is 1. The van der Waals surface area contributed by atoms with Crippen molar-refractivity contribution in [1.29, 1.82) is 5.26 Å². The summed E-state index contributed by atoms with van der Waals surface area (Å²) in [5.41, 5.74) is 5.10. The molecule has 3 N–H and O–H groups in total. The van der Waals surface area contributed by atoms with E-state index in [0.717, 1.165) is 28.8 Å². The smallest absolute Gasteiger partial charge is 0.254 e. The molecule has 0 saturated heterocycles. The third kappa shape index (κ3) is 6.01. The summed E-state index contributed by atoms with van der Waals surface area (Å²) in [6.45, 7) is 6.22. The number of carbonyl (C=O) groups is 2. The van der Waals surface area contributed by atoms with E-state index in [-0.39, 0.29) is 17.6 Å². The number of dihydropyridines is 1. The summed E-state index contributed by atoms with van der Waals surface area (Å²) >= 11 is 1.23. The summed E-state index contributed by atoms with van der Waals surface area (Å²) in [5, 5.41) is 19.9. The van der Waals surface area contributed by atoms with Gasteiger partial charge in [-0.1, -0.05) is 67.2 Å². The lowest BCUT2D eigenvalue weighted by molar-refractivity contribution is -0.118. The molecule has 4 rings (SSSR count). The molecular weight excluding hydrogens is 496 g/mol. The molecule has 0 bridgehead atoms. The van der Waals surface area contributed by atoms with E-state index in [1.54, 1.807) is 19.1 Å². The van der Waals surface area contributed by atoms with Gasteiger partial charge >= 0.3 is 0 Å². The van der Waals surface area contributed by atoms with E-state index in [0.29, 0.717) is 34.2 Å². The van der Waals surface area contributed by atoms with Crippen LogP contribution in [0.1, 0.15) is 42.2 Å². The van der Waals surface area contributed by atoms with Crippen LogP contribution in [-0.2, 0) is 22.6 Å². The van der Waals surface area contributed by atoms with Crippen LogP contribution in [0.5, 0.6) is 0 Å². The summed E-state index contributed by atoms with van der Waals surface area (Å²) in [5.74, 6) is -0.571. The van der Waals surface area contributed by atoms with Crippen LogP contribution in [0.4, 0.5) is 5.69 Å². The number of carbonyl (C=O) groups excluding carboxylic acids is 2. The van der Waals surface area contributed by atoms with Gasteiger partial charge in [0, 0.05) is 17.9 Å². The Balaban J connectivity index is 1.57. The maximum absolute atomic E-state index is 13.7. The minimum Gasteiger partial charge on any atom is -0.468 e. The van der Waals surface area contributed by atoms with E-state index in [4.69, 9.17) is 4.42 Å². The first-order valence-corrected chi connectivity index (χ1v) is 13.4. The average Bonchev–Trinajstić information content (AvgIpc) is 3.46. The van der Waals surface area contributed by atoms with Crippen molar-refractivity contribution in [3.63, 3.8) is 0 Å². The number of hydrogen-bond acceptors (Lipinski definition) is 6. The van der Waals surface area contributed by atoms with Crippen LogP contribution >= 0.6 is 11.8 Å². The minimum atomic E-state index is -0.708. The Labute approximate surface area is 227 Å². The summed E-state index contributed by atoms with van der Waals surface area (Å²) in [7, 11) is 0. The van der Waals surface area contributed by atoms with Gasteiger partial charge < -0.3 is 20.4 Å². The molecule has 2 amide bonds. The molecule has 7 nitrogen and oxygen atoms in total. The number of allylic oxidation sites excluding steroid dienone is 2. The number of hydrogen-bond donors (Lipinski definition) is 3. The molecule has 8 heteroatoms. The van der Waals surface area contributed by atoms with E-state index < -0.39 is 5.92 Å². The number of para-hydroxylation sites is 1. The Morgan fingerprint density at radius 3 is 2.55 bits per heavy atom. The number of amides is 2. The molecule has 0 saturated carbocycles. The Morgan fingerprint density at radius 1 is 1.08 bits per heavy atom. The Morgan fingerprint density at radius 2 is 1.87 bits per heavy atom. The first kappa shape index (κ1) is 26.8. The topological polar surface area (TPSA) is 107 Å². The monoisotopic (exact) mass is 526 g/mol. The number of benzene rings is 2. The first-order chi connectivity index (χ1) is 18.4. The van der Waals surface area contributed by atoms with Gasteiger partial charge in [-0.25, -0.2) is 0 Å². The molecule has 38 heavy (non-hydrogen) atoms. The fourth-order valence-corrected chi connectivity index (χ4v) is 5.36. The molecule has 1 aliphatic heterocycles. The lowest BCUT2D eigenvalue weighted by Gasteiger charge is -2.28. The van der Waals surface area contributed by atoms with Crippen molar-refractivity contribution in [2.24, 2.45) is 0 Å². The third-order valence-electron chi connectivity index (χ3n) is 6.38. The van der Waals surface area contributed by atoms with E-state index in [2.05, 4.69) is 22.0 Å². The van der Waals surface area contributed by atoms with Gasteiger partial charge in [0.25, 0.3) is 5.91 Å². The standard InChI is InChI=1S/C30H30N4O3S/c1-4-22-13-8-10-19(2)28(22)34-29(36)26-20(3)33-30(23(16-31)27(26)24-14-9-15-37-24)38-18-25(35)32-17-21-11-6-5-7-12-21/h5-15,27,33H,4,17-18H2,1-3H3,(H,32,35)(H,34,36). The van der Waals surface area contributed by atoms with Crippen molar-refractivity contribution in [2.45, 2.75) is 39.7 Å². The number of nitrogens with one attached hydrogen (secondary N) is 3. The van der Waals surface area contributed by atoms with E-state index >= 15 is 0 Å². The van der Waals surface area contributed by atoms with Crippen LogP contribution < -0.4 is 16.0 Å². The summed E-state index contributed by atoms with van der Waals surface area (Å²) in [6, 6.07) is 21.3. The number of rotatable bonds is 9. The summed E-state index contributed by atoms with van der Waals surface area (Å²) in [4.78, 5) is 26.3.